The van der Waals surface area contributed by atoms with Crippen molar-refractivity contribution in [2.75, 3.05) is 0 Å². The highest BCUT2D eigenvalue weighted by Crippen LogP contribution is 2.41. The van der Waals surface area contributed by atoms with Gasteiger partial charge < -0.3 is 9.74 Å². The molecule has 0 aliphatic heterocycles. The minimum absolute atomic E-state index is 0.00656. The highest BCUT2D eigenvalue weighted by molar-refractivity contribution is 9.10. The van der Waals surface area contributed by atoms with Crippen LogP contribution in [0.15, 0.2) is 35.1 Å². The molecule has 3 aromatic rings. The van der Waals surface area contributed by atoms with Gasteiger partial charge in [-0.05, 0) is 84.2 Å². The Morgan fingerprint density at radius 1 is 1.18 bits per heavy atom. The molecule has 0 radical (unpaired) electrons. The van der Waals surface area contributed by atoms with E-state index in [4.69, 9.17) is 16.0 Å². The largest absolute Gasteiger partial charge is 0.540 e. The molecular weight excluding hydrogens is 537 g/mol. The first-order valence-corrected chi connectivity index (χ1v) is 15.0. The zero-order valence-electron chi connectivity index (χ0n) is 20.7. The molecule has 0 bridgehead atoms. The van der Waals surface area contributed by atoms with Crippen LogP contribution in [0.25, 0.3) is 10.9 Å². The SMILES string of the molecule is Cc1cnc2c(O[Si](C)(C)C(C)(C)C)c(C(=O)NC(C)(C)c3ccc(F)c(Cl)c3)nc(Br)c2c1. The fourth-order valence-electron chi connectivity index (χ4n) is 3.19. The van der Waals surface area contributed by atoms with Crippen molar-refractivity contribution in [3.8, 4) is 5.75 Å². The fraction of sp³-hybridized carbons (Fsp3) is 0.400. The first-order valence-electron chi connectivity index (χ1n) is 11.0. The Morgan fingerprint density at radius 3 is 2.41 bits per heavy atom. The van der Waals surface area contributed by atoms with Crippen molar-refractivity contribution < 1.29 is 13.6 Å². The van der Waals surface area contributed by atoms with Crippen LogP contribution in [-0.2, 0) is 5.54 Å². The number of nitrogens with one attached hydrogen (secondary N) is 1. The Bertz CT molecular complexity index is 1280. The van der Waals surface area contributed by atoms with Crippen LogP contribution in [0.1, 0.15) is 56.2 Å². The monoisotopic (exact) mass is 565 g/mol. The molecule has 2 heterocycles. The summed E-state index contributed by atoms with van der Waals surface area (Å²) in [5, 5.41) is 3.67. The third kappa shape index (κ3) is 5.29. The van der Waals surface area contributed by atoms with Gasteiger partial charge in [0.15, 0.2) is 11.4 Å². The lowest BCUT2D eigenvalue weighted by molar-refractivity contribution is 0.0905. The predicted molar refractivity (Wildman–Crippen MR) is 142 cm³/mol. The second kappa shape index (κ2) is 9.20. The second-order valence-electron chi connectivity index (χ2n) is 10.6. The normalized spacial score (nSPS) is 12.7. The van der Waals surface area contributed by atoms with Crippen molar-refractivity contribution in [3.63, 3.8) is 0 Å². The van der Waals surface area contributed by atoms with E-state index in [-0.39, 0.29) is 15.8 Å². The maximum atomic E-state index is 13.7. The zero-order chi connectivity index (χ0) is 25.6. The number of halogens is 3. The van der Waals surface area contributed by atoms with E-state index in [2.05, 4.69) is 65.1 Å². The van der Waals surface area contributed by atoms with Crippen LogP contribution in [0.3, 0.4) is 0 Å². The van der Waals surface area contributed by atoms with Crippen molar-refractivity contribution in [1.29, 1.82) is 0 Å². The summed E-state index contributed by atoms with van der Waals surface area (Å²) < 4.78 is 20.8. The van der Waals surface area contributed by atoms with Gasteiger partial charge >= 0.3 is 0 Å². The maximum Gasteiger partial charge on any atom is 0.274 e. The Balaban J connectivity index is 2.14. The lowest BCUT2D eigenvalue weighted by atomic mass is 9.94. The van der Waals surface area contributed by atoms with Crippen molar-refractivity contribution in [1.82, 2.24) is 15.3 Å². The molecule has 1 amide bonds. The number of pyridine rings is 2. The summed E-state index contributed by atoms with van der Waals surface area (Å²) in [5.74, 6) is -0.571. The Labute approximate surface area is 214 Å². The Hall–Kier alpha value is -2.03. The molecule has 1 N–H and O–H groups in total. The summed E-state index contributed by atoms with van der Waals surface area (Å²) >= 11 is 9.49. The quantitative estimate of drug-likeness (QED) is 0.256. The number of carbonyl (C=O) groups is 1. The molecule has 0 saturated heterocycles. The van der Waals surface area contributed by atoms with Crippen LogP contribution in [0.5, 0.6) is 5.75 Å². The van der Waals surface area contributed by atoms with E-state index in [1.165, 1.54) is 12.1 Å². The van der Waals surface area contributed by atoms with Crippen molar-refractivity contribution in [2.24, 2.45) is 0 Å². The number of rotatable bonds is 5. The van der Waals surface area contributed by atoms with Crippen LogP contribution in [0, 0.1) is 12.7 Å². The highest BCUT2D eigenvalue weighted by Gasteiger charge is 2.41. The maximum absolute atomic E-state index is 13.7. The Morgan fingerprint density at radius 2 is 1.82 bits per heavy atom. The first kappa shape index (κ1) is 26.6. The van der Waals surface area contributed by atoms with Crippen molar-refractivity contribution >= 4 is 52.7 Å². The van der Waals surface area contributed by atoms with E-state index >= 15 is 0 Å². The number of amides is 1. The minimum atomic E-state index is -2.34. The molecule has 0 aliphatic carbocycles. The van der Waals surface area contributed by atoms with Gasteiger partial charge in [0.25, 0.3) is 14.2 Å². The molecule has 0 aliphatic rings. The van der Waals surface area contributed by atoms with Crippen LogP contribution in [0.2, 0.25) is 23.2 Å². The molecule has 1 aromatic carbocycles. The molecule has 0 unspecified atom stereocenters. The third-order valence-electron chi connectivity index (χ3n) is 6.33. The molecule has 0 spiro atoms. The van der Waals surface area contributed by atoms with E-state index in [0.717, 1.165) is 10.9 Å². The summed E-state index contributed by atoms with van der Waals surface area (Å²) in [5.41, 5.74) is 1.49. The smallest absolute Gasteiger partial charge is 0.274 e. The topological polar surface area (TPSA) is 64.1 Å². The van der Waals surface area contributed by atoms with Crippen molar-refractivity contribution in [2.45, 2.75) is 65.2 Å². The van der Waals surface area contributed by atoms with Crippen LogP contribution >= 0.6 is 27.5 Å². The second-order valence-corrected chi connectivity index (χ2v) is 16.4. The number of hydrogen-bond acceptors (Lipinski definition) is 4. The van der Waals surface area contributed by atoms with E-state index in [1.54, 1.807) is 12.3 Å². The summed E-state index contributed by atoms with van der Waals surface area (Å²) in [6, 6.07) is 6.36. The van der Waals surface area contributed by atoms with E-state index in [9.17, 15) is 9.18 Å². The summed E-state index contributed by atoms with van der Waals surface area (Å²) in [4.78, 5) is 22.8. The third-order valence-corrected chi connectivity index (χ3v) is 11.6. The van der Waals surface area contributed by atoms with Crippen LogP contribution < -0.4 is 9.74 Å². The summed E-state index contributed by atoms with van der Waals surface area (Å²) in [6.07, 6.45) is 1.75. The number of benzene rings is 1. The fourth-order valence-corrected chi connectivity index (χ4v) is 4.86. The Kier molecular flexibility index (Phi) is 7.19. The standard InChI is InChI=1S/C25H30BrClFN3O2Si/c1-14-11-16-19(29-13-14)21(33-34(7,8)24(2,3)4)20(30-22(16)26)23(32)31-25(5,6)15-9-10-18(28)17(27)12-15/h9-13H,1-8H3,(H,31,32). The molecule has 0 atom stereocenters. The van der Waals surface area contributed by atoms with Gasteiger partial charge in [-0.3, -0.25) is 9.78 Å². The van der Waals surface area contributed by atoms with Gasteiger partial charge in [0, 0.05) is 11.6 Å². The number of fused-ring (bicyclic) bond motifs is 1. The molecule has 0 fully saturated rings. The van der Waals surface area contributed by atoms with Gasteiger partial charge in [-0.2, -0.15) is 0 Å². The van der Waals surface area contributed by atoms with Crippen LogP contribution in [-0.4, -0.2) is 24.2 Å². The van der Waals surface area contributed by atoms with Gasteiger partial charge in [0.2, 0.25) is 0 Å². The summed E-state index contributed by atoms with van der Waals surface area (Å²) in [7, 11) is -2.34. The number of aryl methyl sites for hydroxylation is 1. The van der Waals surface area contributed by atoms with Gasteiger partial charge in [-0.1, -0.05) is 38.4 Å². The van der Waals surface area contributed by atoms with Gasteiger partial charge in [0.05, 0.1) is 10.6 Å². The average molecular weight is 567 g/mol. The number of aromatic nitrogens is 2. The van der Waals surface area contributed by atoms with Gasteiger partial charge in [-0.25, -0.2) is 9.37 Å². The molecule has 182 valence electrons. The molecule has 3 rings (SSSR count). The zero-order valence-corrected chi connectivity index (χ0v) is 24.1. The molecule has 5 nitrogen and oxygen atoms in total. The summed E-state index contributed by atoms with van der Waals surface area (Å²) in [6.45, 7) is 16.2. The van der Waals surface area contributed by atoms with Gasteiger partial charge in [0.1, 0.15) is 15.9 Å². The highest BCUT2D eigenvalue weighted by atomic mass is 79.9. The van der Waals surface area contributed by atoms with Crippen molar-refractivity contribution in [3.05, 3.63) is 62.7 Å². The lowest BCUT2D eigenvalue weighted by Crippen LogP contribution is -2.45. The van der Waals surface area contributed by atoms with Crippen LogP contribution in [0.4, 0.5) is 4.39 Å². The molecule has 2 aromatic heterocycles. The van der Waals surface area contributed by atoms with E-state index < -0.39 is 25.6 Å². The predicted octanol–water partition coefficient (Wildman–Crippen LogP) is 7.54. The van der Waals surface area contributed by atoms with Gasteiger partial charge in [-0.15, -0.1) is 0 Å². The number of carbonyl (C=O) groups excluding carboxylic acids is 1. The lowest BCUT2D eigenvalue weighted by Gasteiger charge is -2.37. The number of hydrogen-bond donors (Lipinski definition) is 1. The number of nitrogens with zero attached hydrogens (tertiary/aromatic N) is 2. The molecule has 9 heteroatoms. The molecular formula is C25H30BrClFN3O2Si. The first-order chi connectivity index (χ1) is 15.5. The molecule has 0 saturated carbocycles. The van der Waals surface area contributed by atoms with E-state index in [1.807, 2.05) is 26.8 Å². The molecule has 34 heavy (non-hydrogen) atoms. The van der Waals surface area contributed by atoms with E-state index in [0.29, 0.717) is 21.4 Å². The average Bonchev–Trinajstić information content (AvgIpc) is 2.70. The minimum Gasteiger partial charge on any atom is -0.540 e.